The average Bonchev–Trinajstić information content (AvgIpc) is 2.82. The second-order valence-corrected chi connectivity index (χ2v) is 6.52. The molecule has 0 saturated heterocycles. The summed E-state index contributed by atoms with van der Waals surface area (Å²) in [5.41, 5.74) is 1.40. The van der Waals surface area contributed by atoms with Crippen LogP contribution in [0.25, 0.3) is 0 Å². The Morgan fingerprint density at radius 3 is 2.20 bits per heavy atom. The Bertz CT molecular complexity index is 847. The van der Waals surface area contributed by atoms with E-state index in [4.69, 9.17) is 23.2 Å². The van der Waals surface area contributed by atoms with Gasteiger partial charge in [-0.2, -0.15) is 0 Å². The summed E-state index contributed by atoms with van der Waals surface area (Å²) in [4.78, 5) is 37.8. The summed E-state index contributed by atoms with van der Waals surface area (Å²) in [6.07, 6.45) is 0. The van der Waals surface area contributed by atoms with Crippen LogP contribution in [0.5, 0.6) is 0 Å². The molecular weight excluding hydrogens is 363 g/mol. The number of nitrogens with one attached hydrogen (secondary N) is 1. The Morgan fingerprint density at radius 1 is 1.04 bits per heavy atom. The van der Waals surface area contributed by atoms with Crippen LogP contribution in [0.4, 0.5) is 0 Å². The minimum Gasteiger partial charge on any atom is -0.348 e. The number of carbonyl (C=O) groups is 3. The molecule has 2 aromatic carbocycles. The normalized spacial score (nSPS) is 14.4. The van der Waals surface area contributed by atoms with Crippen molar-refractivity contribution in [1.82, 2.24) is 10.2 Å². The van der Waals surface area contributed by atoms with E-state index in [-0.39, 0.29) is 12.6 Å². The Hall–Kier alpha value is -2.37. The Morgan fingerprint density at radius 2 is 1.64 bits per heavy atom. The summed E-state index contributed by atoms with van der Waals surface area (Å²) in [6, 6.07) is 11.2. The number of carbonyl (C=O) groups excluding carboxylic acids is 3. The smallest absolute Gasteiger partial charge is 0.262 e. The summed E-state index contributed by atoms with van der Waals surface area (Å²) in [5, 5.41) is 3.57. The van der Waals surface area contributed by atoms with Crippen LogP contribution >= 0.6 is 23.2 Å². The first-order chi connectivity index (χ1) is 11.9. The predicted molar refractivity (Wildman–Crippen MR) is 94.8 cm³/mol. The van der Waals surface area contributed by atoms with Gasteiger partial charge in [0.2, 0.25) is 5.91 Å². The van der Waals surface area contributed by atoms with Gasteiger partial charge in [0, 0.05) is 0 Å². The fourth-order valence-electron chi connectivity index (χ4n) is 2.68. The Labute approximate surface area is 154 Å². The molecule has 0 saturated carbocycles. The van der Waals surface area contributed by atoms with Crippen LogP contribution in [-0.2, 0) is 4.79 Å². The maximum atomic E-state index is 12.3. The molecule has 0 aromatic heterocycles. The number of hydrogen-bond acceptors (Lipinski definition) is 3. The monoisotopic (exact) mass is 376 g/mol. The largest absolute Gasteiger partial charge is 0.348 e. The van der Waals surface area contributed by atoms with Gasteiger partial charge in [-0.1, -0.05) is 41.4 Å². The lowest BCUT2D eigenvalue weighted by atomic mass is 10.1. The highest BCUT2D eigenvalue weighted by Crippen LogP contribution is 2.26. The summed E-state index contributed by atoms with van der Waals surface area (Å²) < 4.78 is 0. The molecule has 1 unspecified atom stereocenters. The van der Waals surface area contributed by atoms with Crippen LogP contribution in [-0.4, -0.2) is 29.2 Å². The minimum atomic E-state index is -0.460. The lowest BCUT2D eigenvalue weighted by molar-refractivity contribution is -0.122. The highest BCUT2D eigenvalue weighted by molar-refractivity contribution is 6.42. The van der Waals surface area contributed by atoms with E-state index in [9.17, 15) is 14.4 Å². The van der Waals surface area contributed by atoms with E-state index < -0.39 is 17.7 Å². The second-order valence-electron chi connectivity index (χ2n) is 5.70. The zero-order valence-electron chi connectivity index (χ0n) is 13.3. The fraction of sp³-hybridized carbons (Fsp3) is 0.167. The molecule has 7 heteroatoms. The van der Waals surface area contributed by atoms with Gasteiger partial charge < -0.3 is 5.32 Å². The number of hydrogen-bond donors (Lipinski definition) is 1. The minimum absolute atomic E-state index is 0.317. The number of imide groups is 1. The molecule has 1 aliphatic rings. The molecule has 2 aromatic rings. The van der Waals surface area contributed by atoms with Crippen LogP contribution in [0.3, 0.4) is 0 Å². The third kappa shape index (κ3) is 3.38. The van der Waals surface area contributed by atoms with Gasteiger partial charge in [0.05, 0.1) is 27.2 Å². The van der Waals surface area contributed by atoms with Crippen LogP contribution in [0.15, 0.2) is 42.5 Å². The van der Waals surface area contributed by atoms with Crippen LogP contribution in [0.1, 0.15) is 39.2 Å². The maximum Gasteiger partial charge on any atom is 0.262 e. The molecule has 3 amide bonds. The van der Waals surface area contributed by atoms with Gasteiger partial charge in [-0.05, 0) is 36.8 Å². The van der Waals surface area contributed by atoms with Crippen molar-refractivity contribution in [3.8, 4) is 0 Å². The summed E-state index contributed by atoms with van der Waals surface area (Å²) in [5.74, 6) is -1.36. The fourth-order valence-corrected chi connectivity index (χ4v) is 2.99. The van der Waals surface area contributed by atoms with E-state index in [1.165, 1.54) is 0 Å². The molecule has 0 spiro atoms. The van der Waals surface area contributed by atoms with E-state index in [0.717, 1.165) is 10.5 Å². The molecule has 1 aliphatic heterocycles. The van der Waals surface area contributed by atoms with Crippen LogP contribution in [0, 0.1) is 0 Å². The van der Waals surface area contributed by atoms with Crippen LogP contribution < -0.4 is 5.32 Å². The molecule has 25 heavy (non-hydrogen) atoms. The molecule has 0 radical (unpaired) electrons. The first-order valence-corrected chi connectivity index (χ1v) is 8.33. The molecular formula is C18H14Cl2N2O3. The van der Waals surface area contributed by atoms with E-state index in [2.05, 4.69) is 5.32 Å². The number of amides is 3. The summed E-state index contributed by atoms with van der Waals surface area (Å²) in [6.45, 7) is 1.44. The second kappa shape index (κ2) is 6.86. The van der Waals surface area contributed by atoms with Crippen molar-refractivity contribution in [3.05, 3.63) is 69.2 Å². The van der Waals surface area contributed by atoms with Gasteiger partial charge in [0.15, 0.2) is 0 Å². The molecule has 0 bridgehead atoms. The molecule has 0 aliphatic carbocycles. The number of benzene rings is 2. The van der Waals surface area contributed by atoms with E-state index in [1.54, 1.807) is 49.4 Å². The average molecular weight is 377 g/mol. The van der Waals surface area contributed by atoms with Crippen molar-refractivity contribution in [3.63, 3.8) is 0 Å². The quantitative estimate of drug-likeness (QED) is 0.830. The molecule has 1 heterocycles. The van der Waals surface area contributed by atoms with Crippen molar-refractivity contribution in [2.24, 2.45) is 0 Å². The van der Waals surface area contributed by atoms with Gasteiger partial charge in [-0.3, -0.25) is 19.3 Å². The van der Waals surface area contributed by atoms with Gasteiger partial charge in [-0.15, -0.1) is 0 Å². The summed E-state index contributed by atoms with van der Waals surface area (Å²) >= 11 is 11.9. The van der Waals surface area contributed by atoms with Gasteiger partial charge in [0.25, 0.3) is 11.8 Å². The molecule has 128 valence electrons. The first-order valence-electron chi connectivity index (χ1n) is 7.58. The standard InChI is InChI=1S/C18H14Cl2N2O3/c1-10(11-6-7-14(19)15(20)8-11)21-16(23)9-22-17(24)12-4-2-3-5-13(12)18(22)25/h2-8,10H,9H2,1H3,(H,21,23). The lowest BCUT2D eigenvalue weighted by Gasteiger charge is -2.18. The number of nitrogens with zero attached hydrogens (tertiary/aromatic N) is 1. The van der Waals surface area contributed by atoms with Gasteiger partial charge >= 0.3 is 0 Å². The van der Waals surface area contributed by atoms with Crippen LogP contribution in [0.2, 0.25) is 10.0 Å². The molecule has 1 N–H and O–H groups in total. The van der Waals surface area contributed by atoms with Crippen molar-refractivity contribution in [2.75, 3.05) is 6.54 Å². The zero-order chi connectivity index (χ0) is 18.1. The number of rotatable bonds is 4. The third-order valence-corrected chi connectivity index (χ3v) is 4.74. The zero-order valence-corrected chi connectivity index (χ0v) is 14.8. The Kier molecular flexibility index (Phi) is 4.79. The van der Waals surface area contributed by atoms with Crippen molar-refractivity contribution < 1.29 is 14.4 Å². The van der Waals surface area contributed by atoms with Crippen molar-refractivity contribution in [1.29, 1.82) is 0 Å². The third-order valence-electron chi connectivity index (χ3n) is 4.00. The highest BCUT2D eigenvalue weighted by Gasteiger charge is 2.36. The molecule has 1 atom stereocenters. The topological polar surface area (TPSA) is 66.5 Å². The van der Waals surface area contributed by atoms with Gasteiger partial charge in [0.1, 0.15) is 6.54 Å². The van der Waals surface area contributed by atoms with Gasteiger partial charge in [-0.25, -0.2) is 0 Å². The van der Waals surface area contributed by atoms with E-state index in [0.29, 0.717) is 21.2 Å². The summed E-state index contributed by atoms with van der Waals surface area (Å²) in [7, 11) is 0. The predicted octanol–water partition coefficient (Wildman–Crippen LogP) is 3.47. The maximum absolute atomic E-state index is 12.3. The lowest BCUT2D eigenvalue weighted by Crippen LogP contribution is -2.41. The van der Waals surface area contributed by atoms with E-state index in [1.807, 2.05) is 0 Å². The van der Waals surface area contributed by atoms with Crippen molar-refractivity contribution in [2.45, 2.75) is 13.0 Å². The number of halogens is 2. The first kappa shape index (κ1) is 17.5. The highest BCUT2D eigenvalue weighted by atomic mass is 35.5. The molecule has 3 rings (SSSR count). The Balaban J connectivity index is 1.68. The SMILES string of the molecule is CC(NC(=O)CN1C(=O)c2ccccc2C1=O)c1ccc(Cl)c(Cl)c1. The number of fused-ring (bicyclic) bond motifs is 1. The molecule has 5 nitrogen and oxygen atoms in total. The van der Waals surface area contributed by atoms with Crippen molar-refractivity contribution >= 4 is 40.9 Å². The van der Waals surface area contributed by atoms with E-state index >= 15 is 0 Å². The molecule has 0 fully saturated rings.